The summed E-state index contributed by atoms with van der Waals surface area (Å²) in [5.41, 5.74) is -0.370. The number of amides is 1. The molecule has 0 aliphatic heterocycles. The summed E-state index contributed by atoms with van der Waals surface area (Å²) in [6.07, 6.45) is 3.13. The van der Waals surface area contributed by atoms with Crippen molar-refractivity contribution < 1.29 is 23.8 Å². The van der Waals surface area contributed by atoms with Gasteiger partial charge < -0.3 is 24.1 Å². The van der Waals surface area contributed by atoms with Crippen molar-refractivity contribution in [2.75, 3.05) is 20.3 Å². The Morgan fingerprint density at radius 1 is 1.37 bits per heavy atom. The second-order valence-electron chi connectivity index (χ2n) is 5.91. The smallest absolute Gasteiger partial charge is 0.287 e. The van der Waals surface area contributed by atoms with E-state index in [0.717, 1.165) is 6.08 Å². The van der Waals surface area contributed by atoms with E-state index >= 15 is 0 Å². The molecule has 0 aromatic carbocycles. The lowest BCUT2D eigenvalue weighted by atomic mass is 10.1. The lowest BCUT2D eigenvalue weighted by molar-refractivity contribution is 0.0920. The first-order valence-corrected chi connectivity index (χ1v) is 8.34. The maximum atomic E-state index is 12.3. The quantitative estimate of drug-likeness (QED) is 0.413. The molecule has 144 valence electrons. The molecule has 0 unspecified atom stereocenters. The predicted molar refractivity (Wildman–Crippen MR) is 99.0 cm³/mol. The number of allylic oxidation sites excluding steroid dienone is 1. The minimum atomic E-state index is -0.657. The maximum Gasteiger partial charge on any atom is 0.287 e. The number of aryl methyl sites for hydroxylation is 1. The van der Waals surface area contributed by atoms with Crippen LogP contribution in [0.4, 0.5) is 0 Å². The van der Waals surface area contributed by atoms with Crippen LogP contribution in [-0.4, -0.2) is 41.6 Å². The second kappa shape index (κ2) is 9.00. The number of aromatic hydroxyl groups is 1. The van der Waals surface area contributed by atoms with E-state index in [1.165, 1.54) is 35.9 Å². The Kier molecular flexibility index (Phi) is 6.73. The summed E-state index contributed by atoms with van der Waals surface area (Å²) in [5, 5.41) is 12.6. The van der Waals surface area contributed by atoms with Gasteiger partial charge in [-0.25, -0.2) is 0 Å². The summed E-state index contributed by atoms with van der Waals surface area (Å²) in [6.45, 7) is 2.64. The molecule has 0 bridgehead atoms. The van der Waals surface area contributed by atoms with Crippen LogP contribution in [0, 0.1) is 6.92 Å². The number of rotatable bonds is 8. The van der Waals surface area contributed by atoms with Gasteiger partial charge >= 0.3 is 0 Å². The number of ketones is 1. The van der Waals surface area contributed by atoms with Crippen LogP contribution in [0.2, 0.25) is 0 Å². The van der Waals surface area contributed by atoms with Gasteiger partial charge in [0.2, 0.25) is 0 Å². The van der Waals surface area contributed by atoms with Gasteiger partial charge in [-0.05, 0) is 37.6 Å². The summed E-state index contributed by atoms with van der Waals surface area (Å²) in [5.74, 6) is -1.03. The van der Waals surface area contributed by atoms with Crippen molar-refractivity contribution in [1.29, 1.82) is 0 Å². The Morgan fingerprint density at radius 2 is 2.11 bits per heavy atom. The van der Waals surface area contributed by atoms with Crippen LogP contribution < -0.4 is 10.9 Å². The van der Waals surface area contributed by atoms with Crippen LogP contribution in [0.25, 0.3) is 6.08 Å². The number of hydrogen-bond acceptors (Lipinski definition) is 6. The molecule has 0 aliphatic rings. The predicted octanol–water partition coefficient (Wildman–Crippen LogP) is 1.65. The molecule has 0 aliphatic carbocycles. The Bertz CT molecular complexity index is 923. The number of nitrogens with zero attached hydrogens (tertiary/aromatic N) is 1. The zero-order valence-electron chi connectivity index (χ0n) is 15.4. The minimum Gasteiger partial charge on any atom is -0.507 e. The van der Waals surface area contributed by atoms with E-state index in [0.29, 0.717) is 25.3 Å². The molecule has 2 heterocycles. The van der Waals surface area contributed by atoms with E-state index in [2.05, 4.69) is 5.32 Å². The molecular formula is C19H22N2O6. The Morgan fingerprint density at radius 3 is 2.81 bits per heavy atom. The van der Waals surface area contributed by atoms with Gasteiger partial charge in [-0.3, -0.25) is 14.4 Å². The minimum absolute atomic E-state index is 0.105. The molecule has 8 heteroatoms. The maximum absolute atomic E-state index is 12.3. The summed E-state index contributed by atoms with van der Waals surface area (Å²) >= 11 is 0. The highest BCUT2D eigenvalue weighted by Gasteiger charge is 2.16. The number of carbonyl (C=O) groups excluding carboxylic acids is 2. The lowest BCUT2D eigenvalue weighted by Gasteiger charge is -2.07. The van der Waals surface area contributed by atoms with Gasteiger partial charge in [-0.15, -0.1) is 0 Å². The molecule has 0 saturated carbocycles. The second-order valence-corrected chi connectivity index (χ2v) is 5.91. The molecule has 0 atom stereocenters. The Labute approximate surface area is 156 Å². The van der Waals surface area contributed by atoms with E-state index in [4.69, 9.17) is 9.15 Å². The van der Waals surface area contributed by atoms with Gasteiger partial charge in [0.05, 0.1) is 0 Å². The third kappa shape index (κ3) is 4.95. The van der Waals surface area contributed by atoms with Crippen LogP contribution >= 0.6 is 0 Å². The molecule has 0 spiro atoms. The molecule has 1 amide bonds. The van der Waals surface area contributed by atoms with E-state index < -0.39 is 11.3 Å². The zero-order valence-corrected chi connectivity index (χ0v) is 15.4. The SMILES string of the molecule is COCCCNC(=O)c1ccc(/C=C/C(=O)c2c(O)cc(C)n(C)c2=O)o1. The standard InChI is InChI=1S/C19H22N2O6/c1-12-11-15(23)17(19(25)21(12)2)14(22)7-5-13-6-8-16(27-13)18(24)20-9-4-10-26-3/h5-8,11,23H,4,9-10H2,1-3H3,(H,20,24)/b7-5+. The highest BCUT2D eigenvalue weighted by Crippen LogP contribution is 2.16. The third-order valence-corrected chi connectivity index (χ3v) is 3.96. The van der Waals surface area contributed by atoms with Crippen LogP contribution in [0.3, 0.4) is 0 Å². The van der Waals surface area contributed by atoms with Crippen LogP contribution in [0.15, 0.2) is 33.5 Å². The first-order chi connectivity index (χ1) is 12.8. The molecule has 2 aromatic heterocycles. The highest BCUT2D eigenvalue weighted by molar-refractivity contribution is 6.08. The van der Waals surface area contributed by atoms with Crippen molar-refractivity contribution in [2.45, 2.75) is 13.3 Å². The summed E-state index contributed by atoms with van der Waals surface area (Å²) in [7, 11) is 3.10. The van der Waals surface area contributed by atoms with Gasteiger partial charge in [0.15, 0.2) is 11.5 Å². The van der Waals surface area contributed by atoms with Crippen LogP contribution in [-0.2, 0) is 11.8 Å². The number of aromatic nitrogens is 1. The van der Waals surface area contributed by atoms with Gasteiger partial charge in [0, 0.05) is 39.1 Å². The molecular weight excluding hydrogens is 352 g/mol. The Balaban J connectivity index is 2.08. The van der Waals surface area contributed by atoms with E-state index in [-0.39, 0.29) is 28.7 Å². The molecule has 8 nitrogen and oxygen atoms in total. The fourth-order valence-electron chi connectivity index (χ4n) is 2.35. The number of pyridine rings is 1. The number of ether oxygens (including phenoxy) is 1. The number of hydrogen-bond donors (Lipinski definition) is 2. The average molecular weight is 374 g/mol. The van der Waals surface area contributed by atoms with Crippen molar-refractivity contribution in [1.82, 2.24) is 9.88 Å². The topological polar surface area (TPSA) is 111 Å². The molecule has 2 aromatic rings. The average Bonchev–Trinajstić information content (AvgIpc) is 3.10. The van der Waals surface area contributed by atoms with Gasteiger partial charge in [-0.2, -0.15) is 0 Å². The number of methoxy groups -OCH3 is 1. The monoisotopic (exact) mass is 374 g/mol. The van der Waals surface area contributed by atoms with Crippen LogP contribution in [0.5, 0.6) is 5.75 Å². The molecule has 0 radical (unpaired) electrons. The molecule has 2 rings (SSSR count). The van der Waals surface area contributed by atoms with E-state index in [1.54, 1.807) is 14.0 Å². The van der Waals surface area contributed by atoms with Crippen molar-refractivity contribution in [3.05, 3.63) is 57.4 Å². The number of nitrogens with one attached hydrogen (secondary N) is 1. The van der Waals surface area contributed by atoms with Gasteiger partial charge in [0.1, 0.15) is 17.1 Å². The van der Waals surface area contributed by atoms with Crippen molar-refractivity contribution in [3.8, 4) is 5.75 Å². The first-order valence-electron chi connectivity index (χ1n) is 8.34. The van der Waals surface area contributed by atoms with Crippen molar-refractivity contribution in [2.24, 2.45) is 7.05 Å². The fraction of sp³-hybridized carbons (Fsp3) is 0.316. The Hall–Kier alpha value is -3.13. The molecule has 0 saturated heterocycles. The largest absolute Gasteiger partial charge is 0.507 e. The molecule has 0 fully saturated rings. The van der Waals surface area contributed by atoms with Gasteiger partial charge in [-0.1, -0.05) is 0 Å². The first kappa shape index (κ1) is 20.2. The fourth-order valence-corrected chi connectivity index (χ4v) is 2.35. The van der Waals surface area contributed by atoms with Crippen molar-refractivity contribution in [3.63, 3.8) is 0 Å². The van der Waals surface area contributed by atoms with Crippen LogP contribution in [0.1, 0.15) is 38.8 Å². The number of furan rings is 1. The normalized spacial score (nSPS) is 11.1. The zero-order chi connectivity index (χ0) is 20.0. The van der Waals surface area contributed by atoms with E-state index in [9.17, 15) is 19.5 Å². The summed E-state index contributed by atoms with van der Waals surface area (Å²) < 4.78 is 11.5. The highest BCUT2D eigenvalue weighted by atomic mass is 16.5. The van der Waals surface area contributed by atoms with Gasteiger partial charge in [0.25, 0.3) is 11.5 Å². The lowest BCUT2D eigenvalue weighted by Crippen LogP contribution is -2.25. The van der Waals surface area contributed by atoms with Crippen molar-refractivity contribution >= 4 is 17.8 Å². The summed E-state index contributed by atoms with van der Waals surface area (Å²) in [6, 6.07) is 4.36. The summed E-state index contributed by atoms with van der Waals surface area (Å²) in [4.78, 5) is 36.4. The molecule has 27 heavy (non-hydrogen) atoms. The molecule has 2 N–H and O–H groups in total. The van der Waals surface area contributed by atoms with E-state index in [1.807, 2.05) is 0 Å². The third-order valence-electron chi connectivity index (χ3n) is 3.96. The number of carbonyl (C=O) groups is 2.